The second-order valence-corrected chi connectivity index (χ2v) is 9.22. The summed E-state index contributed by atoms with van der Waals surface area (Å²) in [6.07, 6.45) is 6.30. The SMILES string of the molecule is Cc1ccc(C[C@H](NC(=O)OC(C)(C)C)C(=O)N2CCCC[C@@H]2c2cccnc2)cc1. The smallest absolute Gasteiger partial charge is 0.408 e. The van der Waals surface area contributed by atoms with Crippen molar-refractivity contribution in [2.75, 3.05) is 6.54 Å². The van der Waals surface area contributed by atoms with Crippen LogP contribution in [0.2, 0.25) is 0 Å². The Morgan fingerprint density at radius 2 is 1.94 bits per heavy atom. The molecular formula is C25H33N3O3. The molecule has 1 aromatic heterocycles. The van der Waals surface area contributed by atoms with Crippen LogP contribution in [0.4, 0.5) is 4.79 Å². The molecular weight excluding hydrogens is 390 g/mol. The Morgan fingerprint density at radius 3 is 2.58 bits per heavy atom. The molecule has 1 aliphatic heterocycles. The maximum atomic E-state index is 13.7. The maximum Gasteiger partial charge on any atom is 0.408 e. The maximum absolute atomic E-state index is 13.7. The third-order valence-electron chi connectivity index (χ3n) is 5.40. The van der Waals surface area contributed by atoms with E-state index in [-0.39, 0.29) is 11.9 Å². The number of likely N-dealkylation sites (tertiary alicyclic amines) is 1. The topological polar surface area (TPSA) is 71.5 Å². The number of amides is 2. The Morgan fingerprint density at radius 1 is 1.19 bits per heavy atom. The molecule has 0 aliphatic carbocycles. The molecule has 1 aromatic carbocycles. The van der Waals surface area contributed by atoms with Gasteiger partial charge >= 0.3 is 6.09 Å². The summed E-state index contributed by atoms with van der Waals surface area (Å²) in [5.41, 5.74) is 2.54. The summed E-state index contributed by atoms with van der Waals surface area (Å²) in [6, 6.07) is 11.2. The van der Waals surface area contributed by atoms with Crippen LogP contribution in [-0.4, -0.2) is 40.1 Å². The molecule has 1 fully saturated rings. The minimum absolute atomic E-state index is 0.0316. The monoisotopic (exact) mass is 423 g/mol. The fourth-order valence-corrected chi connectivity index (χ4v) is 3.92. The van der Waals surface area contributed by atoms with E-state index in [2.05, 4.69) is 10.3 Å². The van der Waals surface area contributed by atoms with E-state index in [4.69, 9.17) is 4.74 Å². The number of pyridine rings is 1. The van der Waals surface area contributed by atoms with Crippen molar-refractivity contribution >= 4 is 12.0 Å². The van der Waals surface area contributed by atoms with Gasteiger partial charge in [0.15, 0.2) is 0 Å². The van der Waals surface area contributed by atoms with Gasteiger partial charge in [-0.15, -0.1) is 0 Å². The molecule has 2 atom stereocenters. The lowest BCUT2D eigenvalue weighted by molar-refractivity contribution is -0.137. The number of hydrogen-bond donors (Lipinski definition) is 1. The molecule has 31 heavy (non-hydrogen) atoms. The van der Waals surface area contributed by atoms with E-state index in [1.807, 2.05) is 75.2 Å². The van der Waals surface area contributed by atoms with Gasteiger partial charge in [0.1, 0.15) is 11.6 Å². The highest BCUT2D eigenvalue weighted by molar-refractivity contribution is 5.86. The first-order valence-electron chi connectivity index (χ1n) is 11.0. The van der Waals surface area contributed by atoms with Crippen molar-refractivity contribution in [1.29, 1.82) is 0 Å². The minimum Gasteiger partial charge on any atom is -0.444 e. The van der Waals surface area contributed by atoms with Gasteiger partial charge in [-0.2, -0.15) is 0 Å². The summed E-state index contributed by atoms with van der Waals surface area (Å²) in [5.74, 6) is -0.0833. The molecule has 0 bridgehead atoms. The number of nitrogens with one attached hydrogen (secondary N) is 1. The van der Waals surface area contributed by atoms with Crippen LogP contribution in [0.15, 0.2) is 48.8 Å². The van der Waals surface area contributed by atoms with Crippen molar-refractivity contribution in [3.8, 4) is 0 Å². The lowest BCUT2D eigenvalue weighted by Crippen LogP contribution is -2.52. The van der Waals surface area contributed by atoms with Crippen LogP contribution in [0, 0.1) is 6.92 Å². The van der Waals surface area contributed by atoms with Gasteiger partial charge in [-0.3, -0.25) is 9.78 Å². The lowest BCUT2D eigenvalue weighted by Gasteiger charge is -2.38. The van der Waals surface area contributed by atoms with Crippen molar-refractivity contribution in [3.63, 3.8) is 0 Å². The van der Waals surface area contributed by atoms with Crippen LogP contribution < -0.4 is 5.32 Å². The second-order valence-electron chi connectivity index (χ2n) is 9.22. The average Bonchev–Trinajstić information content (AvgIpc) is 2.73. The van der Waals surface area contributed by atoms with Gasteiger partial charge in [-0.1, -0.05) is 35.9 Å². The molecule has 0 spiro atoms. The van der Waals surface area contributed by atoms with Crippen molar-refractivity contribution in [1.82, 2.24) is 15.2 Å². The molecule has 0 unspecified atom stereocenters. The number of hydrogen-bond acceptors (Lipinski definition) is 4. The number of aromatic nitrogens is 1. The molecule has 2 aromatic rings. The molecule has 0 radical (unpaired) electrons. The summed E-state index contributed by atoms with van der Waals surface area (Å²) >= 11 is 0. The Kier molecular flexibility index (Phi) is 7.31. The first-order valence-corrected chi connectivity index (χ1v) is 11.0. The first kappa shape index (κ1) is 22.8. The number of nitrogens with zero attached hydrogens (tertiary/aromatic N) is 2. The molecule has 2 heterocycles. The summed E-state index contributed by atoms with van der Waals surface area (Å²) in [4.78, 5) is 32.4. The summed E-state index contributed by atoms with van der Waals surface area (Å²) in [6.45, 7) is 8.13. The minimum atomic E-state index is -0.699. The fraction of sp³-hybridized carbons (Fsp3) is 0.480. The predicted octanol–water partition coefficient (Wildman–Crippen LogP) is 4.58. The van der Waals surface area contributed by atoms with Crippen LogP contribution >= 0.6 is 0 Å². The molecule has 1 N–H and O–H groups in total. The van der Waals surface area contributed by atoms with E-state index in [0.717, 1.165) is 36.0 Å². The van der Waals surface area contributed by atoms with Gasteiger partial charge in [-0.05, 0) is 64.2 Å². The van der Waals surface area contributed by atoms with Gasteiger partial charge in [0, 0.05) is 25.4 Å². The van der Waals surface area contributed by atoms with Gasteiger partial charge in [-0.25, -0.2) is 4.79 Å². The van der Waals surface area contributed by atoms with Gasteiger partial charge in [0.2, 0.25) is 5.91 Å². The van der Waals surface area contributed by atoms with Gasteiger partial charge in [0.05, 0.1) is 6.04 Å². The van der Waals surface area contributed by atoms with E-state index in [1.165, 1.54) is 0 Å². The van der Waals surface area contributed by atoms with E-state index in [0.29, 0.717) is 13.0 Å². The molecule has 166 valence electrons. The molecule has 1 saturated heterocycles. The second kappa shape index (κ2) is 9.94. The molecule has 2 amide bonds. The zero-order chi connectivity index (χ0) is 22.4. The van der Waals surface area contributed by atoms with Crippen LogP contribution in [0.25, 0.3) is 0 Å². The number of carbonyl (C=O) groups is 2. The number of carbonyl (C=O) groups excluding carboxylic acids is 2. The quantitative estimate of drug-likeness (QED) is 0.764. The van der Waals surface area contributed by atoms with E-state index in [9.17, 15) is 9.59 Å². The largest absolute Gasteiger partial charge is 0.444 e. The molecule has 6 heteroatoms. The van der Waals surface area contributed by atoms with E-state index < -0.39 is 17.7 Å². The highest BCUT2D eigenvalue weighted by Crippen LogP contribution is 2.31. The summed E-state index contributed by atoms with van der Waals surface area (Å²) < 4.78 is 5.44. The summed E-state index contributed by atoms with van der Waals surface area (Å²) in [7, 11) is 0. The van der Waals surface area contributed by atoms with Crippen molar-refractivity contribution in [3.05, 3.63) is 65.5 Å². The van der Waals surface area contributed by atoms with Crippen LogP contribution in [0.3, 0.4) is 0 Å². The number of alkyl carbamates (subject to hydrolysis) is 1. The summed E-state index contributed by atoms with van der Waals surface area (Å²) in [5, 5.41) is 2.84. The normalized spacial score (nSPS) is 17.7. The molecule has 1 aliphatic rings. The van der Waals surface area contributed by atoms with E-state index >= 15 is 0 Å². The highest BCUT2D eigenvalue weighted by Gasteiger charge is 2.34. The third kappa shape index (κ3) is 6.54. The van der Waals surface area contributed by atoms with E-state index in [1.54, 1.807) is 6.20 Å². The first-order chi connectivity index (χ1) is 14.7. The third-order valence-corrected chi connectivity index (χ3v) is 5.40. The van der Waals surface area contributed by atoms with Crippen molar-refractivity contribution in [2.24, 2.45) is 0 Å². The number of benzene rings is 1. The number of piperidine rings is 1. The number of ether oxygens (including phenoxy) is 1. The van der Waals surface area contributed by atoms with Gasteiger partial charge < -0.3 is 15.0 Å². The zero-order valence-corrected chi connectivity index (χ0v) is 18.9. The Balaban J connectivity index is 1.84. The standard InChI is InChI=1S/C25H33N3O3/c1-18-10-12-19(13-11-18)16-21(27-24(30)31-25(2,3)4)23(29)28-15-6-5-9-22(28)20-8-7-14-26-17-20/h7-8,10-14,17,21-22H,5-6,9,15-16H2,1-4H3,(H,27,30)/t21-,22+/m0/s1. The molecule has 0 saturated carbocycles. The Labute approximate surface area is 185 Å². The number of aryl methyl sites for hydroxylation is 1. The highest BCUT2D eigenvalue weighted by atomic mass is 16.6. The Bertz CT molecular complexity index is 875. The number of rotatable bonds is 5. The Hall–Kier alpha value is -2.89. The van der Waals surface area contributed by atoms with Crippen LogP contribution in [0.5, 0.6) is 0 Å². The lowest BCUT2D eigenvalue weighted by atomic mass is 9.94. The zero-order valence-electron chi connectivity index (χ0n) is 18.9. The predicted molar refractivity (Wildman–Crippen MR) is 121 cm³/mol. The van der Waals surface area contributed by atoms with Crippen molar-refractivity contribution < 1.29 is 14.3 Å². The van der Waals surface area contributed by atoms with Crippen LogP contribution in [0.1, 0.15) is 62.8 Å². The molecule has 3 rings (SSSR count). The van der Waals surface area contributed by atoms with Crippen LogP contribution in [-0.2, 0) is 16.0 Å². The average molecular weight is 424 g/mol. The van der Waals surface area contributed by atoms with Crippen molar-refractivity contribution in [2.45, 2.75) is 71.1 Å². The molecule has 6 nitrogen and oxygen atoms in total. The van der Waals surface area contributed by atoms with Gasteiger partial charge in [0.25, 0.3) is 0 Å². The fourth-order valence-electron chi connectivity index (χ4n) is 3.92.